The molecule has 1 heterocycles. The van der Waals surface area contributed by atoms with Gasteiger partial charge in [0.2, 0.25) is 0 Å². The van der Waals surface area contributed by atoms with E-state index in [1.54, 1.807) is 6.07 Å². The molecule has 0 saturated heterocycles. The summed E-state index contributed by atoms with van der Waals surface area (Å²) in [5.74, 6) is 0. The van der Waals surface area contributed by atoms with Gasteiger partial charge in [0.25, 0.3) is 10.0 Å². The number of nitrogens with zero attached hydrogens (tertiary/aromatic N) is 2. The minimum atomic E-state index is -4.66. The molecule has 1 aromatic carbocycles. The van der Waals surface area contributed by atoms with Gasteiger partial charge in [-0.15, -0.1) is 5.10 Å². The van der Waals surface area contributed by atoms with Crippen LogP contribution in [-0.4, -0.2) is 18.3 Å². The van der Waals surface area contributed by atoms with Crippen LogP contribution < -0.4 is 4.83 Å². The zero-order chi connectivity index (χ0) is 18.1. The lowest BCUT2D eigenvalue weighted by Gasteiger charge is -2.15. The first-order valence-corrected chi connectivity index (χ1v) is 9.20. The SMILES string of the molecule is O=S(=O)(Nn1nc(C(F)(F)F)cc1C1=CCCCC1)c1ccccc1. The molecule has 1 aromatic heterocycles. The van der Waals surface area contributed by atoms with Crippen molar-refractivity contribution in [1.29, 1.82) is 0 Å². The molecule has 134 valence electrons. The van der Waals surface area contributed by atoms with Gasteiger partial charge in [0.15, 0.2) is 5.69 Å². The second-order valence-corrected chi connectivity index (χ2v) is 7.37. The highest BCUT2D eigenvalue weighted by atomic mass is 32.2. The van der Waals surface area contributed by atoms with Gasteiger partial charge in [0.1, 0.15) is 0 Å². The van der Waals surface area contributed by atoms with Crippen molar-refractivity contribution < 1.29 is 21.6 Å². The van der Waals surface area contributed by atoms with E-state index < -0.39 is 21.9 Å². The van der Waals surface area contributed by atoms with E-state index in [4.69, 9.17) is 0 Å². The summed E-state index contributed by atoms with van der Waals surface area (Å²) in [7, 11) is -4.05. The van der Waals surface area contributed by atoms with Gasteiger partial charge in [-0.05, 0) is 49.5 Å². The highest BCUT2D eigenvalue weighted by Gasteiger charge is 2.36. The lowest BCUT2D eigenvalue weighted by atomic mass is 9.97. The van der Waals surface area contributed by atoms with E-state index in [1.165, 1.54) is 24.3 Å². The smallest absolute Gasteiger partial charge is 0.200 e. The van der Waals surface area contributed by atoms with Crippen LogP contribution in [0.2, 0.25) is 0 Å². The van der Waals surface area contributed by atoms with Gasteiger partial charge >= 0.3 is 6.18 Å². The monoisotopic (exact) mass is 371 g/mol. The van der Waals surface area contributed by atoms with Gasteiger partial charge in [-0.2, -0.15) is 31.2 Å². The molecule has 2 aromatic rings. The van der Waals surface area contributed by atoms with E-state index in [9.17, 15) is 21.6 Å². The Kier molecular flexibility index (Phi) is 4.59. The Balaban J connectivity index is 2.02. The summed E-state index contributed by atoms with van der Waals surface area (Å²) in [6, 6.07) is 8.30. The van der Waals surface area contributed by atoms with Crippen molar-refractivity contribution in [3.8, 4) is 0 Å². The summed E-state index contributed by atoms with van der Waals surface area (Å²) in [5, 5.41) is 3.43. The first-order chi connectivity index (χ1) is 11.8. The third-order valence-corrected chi connectivity index (χ3v) is 5.19. The number of hydrogen-bond acceptors (Lipinski definition) is 3. The molecule has 9 heteroatoms. The standard InChI is InChI=1S/C16H16F3N3O2S/c17-16(18,19)15-11-14(12-7-3-1-4-8-12)22(20-15)21-25(23,24)13-9-5-2-6-10-13/h2,5-7,9-11,21H,1,3-4,8H2. The largest absolute Gasteiger partial charge is 0.435 e. The zero-order valence-corrected chi connectivity index (χ0v) is 13.9. The first-order valence-electron chi connectivity index (χ1n) is 7.72. The van der Waals surface area contributed by atoms with Crippen molar-refractivity contribution in [2.75, 3.05) is 4.83 Å². The summed E-state index contributed by atoms with van der Waals surface area (Å²) in [4.78, 5) is 2.79. The molecule has 0 atom stereocenters. The number of halogens is 3. The molecule has 1 aliphatic rings. The average molecular weight is 371 g/mol. The summed E-state index contributed by atoms with van der Waals surface area (Å²) in [5.41, 5.74) is -0.360. The van der Waals surface area contributed by atoms with Crippen LogP contribution in [0, 0.1) is 0 Å². The minimum Gasteiger partial charge on any atom is -0.200 e. The molecular weight excluding hydrogens is 355 g/mol. The Morgan fingerprint density at radius 2 is 1.84 bits per heavy atom. The first kappa shape index (κ1) is 17.5. The van der Waals surface area contributed by atoms with Crippen LogP contribution in [0.5, 0.6) is 0 Å². The maximum Gasteiger partial charge on any atom is 0.435 e. The Labute approximate surface area is 143 Å². The molecular formula is C16H16F3N3O2S. The second kappa shape index (κ2) is 6.55. The number of nitrogens with one attached hydrogen (secondary N) is 1. The van der Waals surface area contributed by atoms with Crippen LogP contribution in [0.1, 0.15) is 37.1 Å². The van der Waals surface area contributed by atoms with Crippen LogP contribution >= 0.6 is 0 Å². The number of aromatic nitrogens is 2. The van der Waals surface area contributed by atoms with Crippen LogP contribution in [0.3, 0.4) is 0 Å². The van der Waals surface area contributed by atoms with Crippen molar-refractivity contribution in [2.24, 2.45) is 0 Å². The molecule has 0 amide bonds. The van der Waals surface area contributed by atoms with E-state index >= 15 is 0 Å². The van der Waals surface area contributed by atoms with Crippen molar-refractivity contribution in [3.63, 3.8) is 0 Å². The third-order valence-electron chi connectivity index (χ3n) is 3.88. The maximum atomic E-state index is 13.0. The average Bonchev–Trinajstić information content (AvgIpc) is 3.00. The zero-order valence-electron chi connectivity index (χ0n) is 13.1. The van der Waals surface area contributed by atoms with Crippen LogP contribution in [0.15, 0.2) is 47.4 Å². The number of rotatable bonds is 4. The predicted molar refractivity (Wildman–Crippen MR) is 86.7 cm³/mol. The van der Waals surface area contributed by atoms with Gasteiger partial charge in [-0.25, -0.2) is 0 Å². The van der Waals surface area contributed by atoms with E-state index in [1.807, 2.05) is 6.08 Å². The molecule has 0 radical (unpaired) electrons. The Hall–Kier alpha value is -2.29. The maximum absolute atomic E-state index is 13.0. The summed E-state index contributed by atoms with van der Waals surface area (Å²) in [6.45, 7) is 0. The van der Waals surface area contributed by atoms with E-state index in [2.05, 4.69) is 9.93 Å². The van der Waals surface area contributed by atoms with Gasteiger partial charge in [-0.3, -0.25) is 0 Å². The van der Waals surface area contributed by atoms with Crippen molar-refractivity contribution in [2.45, 2.75) is 36.8 Å². The number of benzene rings is 1. The highest BCUT2D eigenvalue weighted by molar-refractivity contribution is 7.92. The molecule has 0 saturated carbocycles. The van der Waals surface area contributed by atoms with Crippen molar-refractivity contribution in [1.82, 2.24) is 9.89 Å². The molecule has 0 spiro atoms. The van der Waals surface area contributed by atoms with E-state index in [0.717, 1.165) is 25.3 Å². The fraction of sp³-hybridized carbons (Fsp3) is 0.312. The fourth-order valence-electron chi connectivity index (χ4n) is 2.65. The van der Waals surface area contributed by atoms with Crippen molar-refractivity contribution in [3.05, 3.63) is 53.9 Å². The molecule has 5 nitrogen and oxygen atoms in total. The number of hydrogen-bond donors (Lipinski definition) is 1. The second-order valence-electron chi connectivity index (χ2n) is 5.71. The van der Waals surface area contributed by atoms with Gasteiger partial charge < -0.3 is 0 Å². The Morgan fingerprint density at radius 1 is 1.12 bits per heavy atom. The van der Waals surface area contributed by atoms with E-state index in [0.29, 0.717) is 16.8 Å². The van der Waals surface area contributed by atoms with Gasteiger partial charge in [0.05, 0.1) is 10.6 Å². The van der Waals surface area contributed by atoms with Crippen LogP contribution in [0.4, 0.5) is 13.2 Å². The molecule has 0 fully saturated rings. The third kappa shape index (κ3) is 3.87. The van der Waals surface area contributed by atoms with E-state index in [-0.39, 0.29) is 10.6 Å². The predicted octanol–water partition coefficient (Wildman–Crippen LogP) is 3.79. The molecule has 3 rings (SSSR count). The molecule has 0 unspecified atom stereocenters. The Morgan fingerprint density at radius 3 is 2.44 bits per heavy atom. The molecule has 0 bridgehead atoms. The molecule has 25 heavy (non-hydrogen) atoms. The summed E-state index contributed by atoms with van der Waals surface area (Å²) < 4.78 is 63.9. The molecule has 1 N–H and O–H groups in total. The number of allylic oxidation sites excluding steroid dienone is 2. The minimum absolute atomic E-state index is 0.0531. The lowest BCUT2D eigenvalue weighted by molar-refractivity contribution is -0.141. The summed E-state index contributed by atoms with van der Waals surface area (Å²) >= 11 is 0. The topological polar surface area (TPSA) is 64.0 Å². The lowest BCUT2D eigenvalue weighted by Crippen LogP contribution is -2.26. The van der Waals surface area contributed by atoms with Crippen LogP contribution in [0.25, 0.3) is 5.57 Å². The Bertz CT molecular complexity index is 887. The molecule has 1 aliphatic carbocycles. The summed E-state index contributed by atoms with van der Waals surface area (Å²) in [6.07, 6.45) is 0.286. The van der Waals surface area contributed by atoms with Gasteiger partial charge in [0, 0.05) is 0 Å². The number of alkyl halides is 3. The molecule has 0 aliphatic heterocycles. The van der Waals surface area contributed by atoms with Crippen LogP contribution in [-0.2, 0) is 16.2 Å². The highest BCUT2D eigenvalue weighted by Crippen LogP contribution is 2.33. The normalized spacial score (nSPS) is 15.7. The number of sulfonamides is 1. The fourth-order valence-corrected chi connectivity index (χ4v) is 3.64. The quantitative estimate of drug-likeness (QED) is 0.889. The van der Waals surface area contributed by atoms with Crippen molar-refractivity contribution >= 4 is 15.6 Å². The van der Waals surface area contributed by atoms with Gasteiger partial charge in [-0.1, -0.05) is 24.3 Å².